The van der Waals surface area contributed by atoms with E-state index in [1.165, 1.54) is 5.56 Å². The molecule has 4 N–H and O–H groups in total. The Hall–Kier alpha value is -1.14. The van der Waals surface area contributed by atoms with E-state index in [0.29, 0.717) is 13.2 Å². The average Bonchev–Trinajstić information content (AvgIpc) is 2.41. The first-order chi connectivity index (χ1) is 9.22. The molecule has 0 fully saturated rings. The van der Waals surface area contributed by atoms with Crippen LogP contribution in [0.25, 0.3) is 0 Å². The van der Waals surface area contributed by atoms with Gasteiger partial charge in [0.25, 0.3) is 0 Å². The van der Waals surface area contributed by atoms with E-state index in [1.54, 1.807) is 6.92 Å². The largest absolute Gasteiger partial charge is 0.491 e. The lowest BCUT2D eigenvalue weighted by molar-refractivity contribution is 0.191. The van der Waals surface area contributed by atoms with Gasteiger partial charge < -0.3 is 25.6 Å². The summed E-state index contributed by atoms with van der Waals surface area (Å²) in [5, 5.41) is 24.2. The molecule has 0 amide bonds. The summed E-state index contributed by atoms with van der Waals surface area (Å²) in [6, 6.07) is 7.81. The Bertz CT molecular complexity index is 328. The van der Waals surface area contributed by atoms with Crippen LogP contribution in [0.1, 0.15) is 12.5 Å². The third-order valence-corrected chi connectivity index (χ3v) is 2.53. The normalized spacial score (nSPS) is 12.4. The number of hydrogen-bond acceptors (Lipinski definition) is 5. The molecule has 108 valence electrons. The molecule has 0 radical (unpaired) electrons. The molecule has 0 aromatic heterocycles. The van der Waals surface area contributed by atoms with E-state index in [1.807, 2.05) is 24.3 Å². The zero-order chi connectivity index (χ0) is 13.9. The molecule has 0 saturated heterocycles. The molecule has 0 unspecified atom stereocenters. The molecular formula is C14H24N2O3. The van der Waals surface area contributed by atoms with E-state index in [-0.39, 0.29) is 12.7 Å². The highest BCUT2D eigenvalue weighted by molar-refractivity contribution is 5.27. The van der Waals surface area contributed by atoms with Crippen molar-refractivity contribution in [1.82, 2.24) is 10.6 Å². The summed E-state index contributed by atoms with van der Waals surface area (Å²) in [4.78, 5) is 0. The van der Waals surface area contributed by atoms with Crippen molar-refractivity contribution in [1.29, 1.82) is 0 Å². The number of aliphatic hydroxyl groups is 2. The van der Waals surface area contributed by atoms with Crippen LogP contribution < -0.4 is 15.4 Å². The van der Waals surface area contributed by atoms with Crippen molar-refractivity contribution in [3.63, 3.8) is 0 Å². The average molecular weight is 268 g/mol. The van der Waals surface area contributed by atoms with Crippen LogP contribution in [0.5, 0.6) is 5.75 Å². The van der Waals surface area contributed by atoms with Gasteiger partial charge in [-0.25, -0.2) is 0 Å². The number of aliphatic hydroxyl groups excluding tert-OH is 2. The van der Waals surface area contributed by atoms with Gasteiger partial charge in [-0.3, -0.25) is 0 Å². The first-order valence-corrected chi connectivity index (χ1v) is 6.64. The topological polar surface area (TPSA) is 73.8 Å². The maximum absolute atomic E-state index is 9.06. The maximum Gasteiger partial charge on any atom is 0.119 e. The number of benzene rings is 1. The summed E-state index contributed by atoms with van der Waals surface area (Å²) in [6.45, 7) is 5.24. The second kappa shape index (κ2) is 9.75. The molecule has 0 aliphatic heterocycles. The number of nitrogens with one attached hydrogen (secondary N) is 2. The van der Waals surface area contributed by atoms with Crippen LogP contribution in [0.3, 0.4) is 0 Å². The third kappa shape index (κ3) is 7.79. The summed E-state index contributed by atoms with van der Waals surface area (Å²) >= 11 is 0. The van der Waals surface area contributed by atoms with Crippen LogP contribution in [-0.2, 0) is 6.54 Å². The molecule has 5 heteroatoms. The molecule has 0 aliphatic rings. The summed E-state index contributed by atoms with van der Waals surface area (Å²) in [5.74, 6) is 0.774. The predicted octanol–water partition coefficient (Wildman–Crippen LogP) is 0.118. The van der Waals surface area contributed by atoms with Gasteiger partial charge in [0.15, 0.2) is 0 Å². The second-order valence-electron chi connectivity index (χ2n) is 4.45. The van der Waals surface area contributed by atoms with Gasteiger partial charge >= 0.3 is 0 Å². The molecule has 1 atom stereocenters. The Morgan fingerprint density at radius 1 is 1.16 bits per heavy atom. The minimum absolute atomic E-state index is 0.0305. The highest BCUT2D eigenvalue weighted by Crippen LogP contribution is 2.11. The fourth-order valence-corrected chi connectivity index (χ4v) is 1.59. The molecule has 1 aromatic carbocycles. The summed E-state index contributed by atoms with van der Waals surface area (Å²) in [7, 11) is 0. The van der Waals surface area contributed by atoms with Crippen molar-refractivity contribution in [2.24, 2.45) is 0 Å². The molecule has 0 heterocycles. The lowest BCUT2D eigenvalue weighted by atomic mass is 10.2. The highest BCUT2D eigenvalue weighted by Gasteiger charge is 1.96. The van der Waals surface area contributed by atoms with Gasteiger partial charge in [-0.1, -0.05) is 12.1 Å². The molecule has 0 bridgehead atoms. The standard InChI is InChI=1S/C14H24N2O3/c1-12(18)10-15-6-7-16-11-13-2-4-14(5-3-13)19-9-8-17/h2-5,12,15-18H,6-11H2,1H3/t12-/m1/s1. The van der Waals surface area contributed by atoms with E-state index in [2.05, 4.69) is 10.6 Å². The molecule has 0 spiro atoms. The first kappa shape index (κ1) is 15.9. The number of ether oxygens (including phenoxy) is 1. The fraction of sp³-hybridized carbons (Fsp3) is 0.571. The van der Waals surface area contributed by atoms with E-state index in [4.69, 9.17) is 14.9 Å². The van der Waals surface area contributed by atoms with Gasteiger partial charge in [-0.05, 0) is 24.6 Å². The summed E-state index contributed by atoms with van der Waals surface area (Å²) in [6.07, 6.45) is -0.300. The van der Waals surface area contributed by atoms with Crippen molar-refractivity contribution in [2.75, 3.05) is 32.8 Å². The summed E-state index contributed by atoms with van der Waals surface area (Å²) < 4.78 is 5.29. The van der Waals surface area contributed by atoms with Gasteiger partial charge in [0.1, 0.15) is 12.4 Å². The minimum atomic E-state index is -0.300. The van der Waals surface area contributed by atoms with Crippen LogP contribution in [0, 0.1) is 0 Å². The third-order valence-electron chi connectivity index (χ3n) is 2.53. The minimum Gasteiger partial charge on any atom is -0.491 e. The Kier molecular flexibility index (Phi) is 8.16. The monoisotopic (exact) mass is 268 g/mol. The van der Waals surface area contributed by atoms with Crippen molar-refractivity contribution < 1.29 is 14.9 Å². The van der Waals surface area contributed by atoms with Crippen LogP contribution in [0.15, 0.2) is 24.3 Å². The SMILES string of the molecule is C[C@@H](O)CNCCNCc1ccc(OCCO)cc1. The Labute approximate surface area is 114 Å². The van der Waals surface area contributed by atoms with Crippen LogP contribution in [-0.4, -0.2) is 49.2 Å². The van der Waals surface area contributed by atoms with E-state index < -0.39 is 0 Å². The quantitative estimate of drug-likeness (QED) is 0.454. The zero-order valence-corrected chi connectivity index (χ0v) is 11.4. The van der Waals surface area contributed by atoms with E-state index in [0.717, 1.165) is 25.4 Å². The second-order valence-corrected chi connectivity index (χ2v) is 4.45. The van der Waals surface area contributed by atoms with Gasteiger partial charge in [-0.2, -0.15) is 0 Å². The molecule has 1 aromatic rings. The van der Waals surface area contributed by atoms with Crippen molar-refractivity contribution in [3.05, 3.63) is 29.8 Å². The van der Waals surface area contributed by atoms with Crippen molar-refractivity contribution in [2.45, 2.75) is 19.6 Å². The van der Waals surface area contributed by atoms with Crippen LogP contribution in [0.4, 0.5) is 0 Å². The van der Waals surface area contributed by atoms with Gasteiger partial charge in [-0.15, -0.1) is 0 Å². The molecular weight excluding hydrogens is 244 g/mol. The highest BCUT2D eigenvalue weighted by atomic mass is 16.5. The molecule has 19 heavy (non-hydrogen) atoms. The maximum atomic E-state index is 9.06. The molecule has 5 nitrogen and oxygen atoms in total. The Balaban J connectivity index is 2.12. The van der Waals surface area contributed by atoms with Crippen LogP contribution in [0.2, 0.25) is 0 Å². The van der Waals surface area contributed by atoms with E-state index >= 15 is 0 Å². The zero-order valence-electron chi connectivity index (χ0n) is 11.4. The van der Waals surface area contributed by atoms with E-state index in [9.17, 15) is 0 Å². The van der Waals surface area contributed by atoms with Crippen LogP contribution >= 0.6 is 0 Å². The number of hydrogen-bond donors (Lipinski definition) is 4. The molecule has 0 aliphatic carbocycles. The molecule has 1 rings (SSSR count). The molecule has 0 saturated carbocycles. The fourth-order valence-electron chi connectivity index (χ4n) is 1.59. The Morgan fingerprint density at radius 2 is 1.84 bits per heavy atom. The lowest BCUT2D eigenvalue weighted by Gasteiger charge is -2.09. The van der Waals surface area contributed by atoms with Gasteiger partial charge in [0.05, 0.1) is 12.7 Å². The van der Waals surface area contributed by atoms with Gasteiger partial charge in [0, 0.05) is 26.2 Å². The lowest BCUT2D eigenvalue weighted by Crippen LogP contribution is -2.31. The first-order valence-electron chi connectivity index (χ1n) is 6.64. The predicted molar refractivity (Wildman–Crippen MR) is 75.3 cm³/mol. The van der Waals surface area contributed by atoms with Gasteiger partial charge in [0.2, 0.25) is 0 Å². The van der Waals surface area contributed by atoms with Crippen molar-refractivity contribution in [3.8, 4) is 5.75 Å². The van der Waals surface area contributed by atoms with Crippen molar-refractivity contribution >= 4 is 0 Å². The smallest absolute Gasteiger partial charge is 0.119 e. The Morgan fingerprint density at radius 3 is 2.47 bits per heavy atom. The number of rotatable bonds is 10. The summed E-state index contributed by atoms with van der Waals surface area (Å²) in [5.41, 5.74) is 1.19.